The molecule has 0 amide bonds. The van der Waals surface area contributed by atoms with Crippen LogP contribution in [0.2, 0.25) is 0 Å². The molecule has 1 aromatic heterocycles. The molecule has 0 fully saturated rings. The normalized spacial score (nSPS) is 10.4. The summed E-state index contributed by atoms with van der Waals surface area (Å²) in [5.41, 5.74) is 2.17. The van der Waals surface area contributed by atoms with Crippen LogP contribution in [0.3, 0.4) is 0 Å². The lowest BCUT2D eigenvalue weighted by molar-refractivity contribution is 1.36. The van der Waals surface area contributed by atoms with Gasteiger partial charge in [-0.25, -0.2) is 0 Å². The van der Waals surface area contributed by atoms with Gasteiger partial charge >= 0.3 is 0 Å². The second kappa shape index (κ2) is 4.26. The molecule has 2 nitrogen and oxygen atoms in total. The van der Waals surface area contributed by atoms with Crippen molar-refractivity contribution in [1.29, 1.82) is 0 Å². The van der Waals surface area contributed by atoms with E-state index in [1.54, 1.807) is 0 Å². The molecule has 2 aromatic carbocycles. The minimum atomic E-state index is 1.08. The van der Waals surface area contributed by atoms with Crippen LogP contribution in [0.15, 0.2) is 67.0 Å². The number of hydrogen-bond acceptors (Lipinski definition) is 2. The average molecular weight is 220 g/mol. The Morgan fingerprint density at radius 2 is 1.65 bits per heavy atom. The summed E-state index contributed by atoms with van der Waals surface area (Å²) in [7, 11) is 0. The number of nitrogens with zero attached hydrogens (tertiary/aromatic N) is 1. The predicted octanol–water partition coefficient (Wildman–Crippen LogP) is 3.98. The lowest BCUT2D eigenvalue weighted by Gasteiger charge is -2.07. The van der Waals surface area contributed by atoms with Crippen LogP contribution in [0.4, 0.5) is 11.4 Å². The van der Waals surface area contributed by atoms with Gasteiger partial charge in [0.05, 0.1) is 0 Å². The van der Waals surface area contributed by atoms with Gasteiger partial charge in [0, 0.05) is 29.2 Å². The number of nitrogens with one attached hydrogen (secondary N) is 1. The molecule has 0 aliphatic carbocycles. The van der Waals surface area contributed by atoms with E-state index in [1.807, 2.05) is 48.8 Å². The van der Waals surface area contributed by atoms with Gasteiger partial charge in [-0.3, -0.25) is 4.98 Å². The van der Waals surface area contributed by atoms with Crippen molar-refractivity contribution in [3.8, 4) is 0 Å². The number of benzene rings is 2. The summed E-state index contributed by atoms with van der Waals surface area (Å²) in [6, 6.07) is 18.4. The first-order valence-corrected chi connectivity index (χ1v) is 5.58. The molecule has 0 atom stereocenters. The maximum Gasteiger partial charge on any atom is 0.0391 e. The third-order valence-corrected chi connectivity index (χ3v) is 2.70. The molecule has 0 spiro atoms. The number of fused-ring (bicyclic) bond motifs is 1. The molecule has 3 rings (SSSR count). The Balaban J connectivity index is 1.96. The largest absolute Gasteiger partial charge is 0.356 e. The molecule has 0 saturated carbocycles. The van der Waals surface area contributed by atoms with Gasteiger partial charge in [-0.15, -0.1) is 0 Å². The molecule has 3 aromatic rings. The maximum atomic E-state index is 4.13. The minimum Gasteiger partial charge on any atom is -0.356 e. The Bertz CT molecular complexity index is 633. The highest BCUT2D eigenvalue weighted by molar-refractivity contribution is 5.85. The van der Waals surface area contributed by atoms with Gasteiger partial charge in [-0.05, 0) is 35.7 Å². The van der Waals surface area contributed by atoms with Crippen molar-refractivity contribution in [2.45, 2.75) is 0 Å². The molecule has 82 valence electrons. The Hall–Kier alpha value is -2.35. The summed E-state index contributed by atoms with van der Waals surface area (Å²) in [6.45, 7) is 0. The van der Waals surface area contributed by atoms with Crippen molar-refractivity contribution in [2.24, 2.45) is 0 Å². The van der Waals surface area contributed by atoms with Gasteiger partial charge in [-0.1, -0.05) is 24.3 Å². The van der Waals surface area contributed by atoms with E-state index in [0.29, 0.717) is 0 Å². The summed E-state index contributed by atoms with van der Waals surface area (Å²) >= 11 is 0. The van der Waals surface area contributed by atoms with Gasteiger partial charge in [-0.2, -0.15) is 0 Å². The quantitative estimate of drug-likeness (QED) is 0.706. The summed E-state index contributed by atoms with van der Waals surface area (Å²) in [5.74, 6) is 0. The number of para-hydroxylation sites is 1. The van der Waals surface area contributed by atoms with Gasteiger partial charge < -0.3 is 5.32 Å². The second-order valence-electron chi connectivity index (χ2n) is 3.93. The van der Waals surface area contributed by atoms with Crippen LogP contribution in [0.25, 0.3) is 10.8 Å². The molecule has 1 N–H and O–H groups in total. The van der Waals surface area contributed by atoms with E-state index in [2.05, 4.69) is 28.5 Å². The van der Waals surface area contributed by atoms with E-state index >= 15 is 0 Å². The van der Waals surface area contributed by atoms with Gasteiger partial charge in [0.1, 0.15) is 0 Å². The minimum absolute atomic E-state index is 1.08. The van der Waals surface area contributed by atoms with Gasteiger partial charge in [0.15, 0.2) is 0 Å². The molecule has 0 bridgehead atoms. The molecule has 0 unspecified atom stereocenters. The van der Waals surface area contributed by atoms with E-state index in [0.717, 1.165) is 16.8 Å². The van der Waals surface area contributed by atoms with E-state index in [-0.39, 0.29) is 0 Å². The summed E-state index contributed by atoms with van der Waals surface area (Å²) < 4.78 is 0. The van der Waals surface area contributed by atoms with Crippen molar-refractivity contribution in [1.82, 2.24) is 4.98 Å². The standard InChI is InChI=1S/C15H12N2/c1-2-4-14(5-3-1)17-15-7-6-12-8-9-16-11-13(12)10-15/h1-11,17H. The zero-order valence-corrected chi connectivity index (χ0v) is 9.30. The summed E-state index contributed by atoms with van der Waals surface area (Å²) in [4.78, 5) is 4.13. The smallest absolute Gasteiger partial charge is 0.0391 e. The van der Waals surface area contributed by atoms with Crippen molar-refractivity contribution < 1.29 is 0 Å². The molecule has 1 heterocycles. The number of aromatic nitrogens is 1. The van der Waals surface area contributed by atoms with E-state index < -0.39 is 0 Å². The number of hydrogen-bond donors (Lipinski definition) is 1. The maximum absolute atomic E-state index is 4.13. The Morgan fingerprint density at radius 3 is 2.53 bits per heavy atom. The van der Waals surface area contributed by atoms with Crippen molar-refractivity contribution in [2.75, 3.05) is 5.32 Å². The fourth-order valence-electron chi connectivity index (χ4n) is 1.85. The van der Waals surface area contributed by atoms with Crippen molar-refractivity contribution in [3.05, 3.63) is 67.0 Å². The predicted molar refractivity (Wildman–Crippen MR) is 71.5 cm³/mol. The third-order valence-electron chi connectivity index (χ3n) is 2.70. The van der Waals surface area contributed by atoms with Crippen LogP contribution in [-0.2, 0) is 0 Å². The van der Waals surface area contributed by atoms with Crippen LogP contribution in [0.1, 0.15) is 0 Å². The van der Waals surface area contributed by atoms with E-state index in [9.17, 15) is 0 Å². The zero-order chi connectivity index (χ0) is 11.5. The van der Waals surface area contributed by atoms with Crippen molar-refractivity contribution >= 4 is 22.1 Å². The average Bonchev–Trinajstić information content (AvgIpc) is 2.40. The SMILES string of the molecule is c1ccc(Nc2ccc3ccncc3c2)cc1. The summed E-state index contributed by atoms with van der Waals surface area (Å²) in [6.07, 6.45) is 3.69. The topological polar surface area (TPSA) is 24.9 Å². The van der Waals surface area contributed by atoms with Crippen LogP contribution in [-0.4, -0.2) is 4.98 Å². The Labute approximate surface area is 99.9 Å². The van der Waals surface area contributed by atoms with E-state index in [1.165, 1.54) is 5.39 Å². The lowest BCUT2D eigenvalue weighted by Crippen LogP contribution is -1.89. The van der Waals surface area contributed by atoms with Crippen LogP contribution < -0.4 is 5.32 Å². The number of anilines is 2. The number of rotatable bonds is 2. The lowest BCUT2D eigenvalue weighted by atomic mass is 10.1. The first kappa shape index (κ1) is 9.85. The molecular weight excluding hydrogens is 208 g/mol. The fourth-order valence-corrected chi connectivity index (χ4v) is 1.85. The van der Waals surface area contributed by atoms with Crippen LogP contribution >= 0.6 is 0 Å². The Morgan fingerprint density at radius 1 is 0.765 bits per heavy atom. The summed E-state index contributed by atoms with van der Waals surface area (Å²) in [5, 5.41) is 5.72. The molecule has 0 aliphatic rings. The molecule has 2 heteroatoms. The van der Waals surface area contributed by atoms with Crippen LogP contribution in [0.5, 0.6) is 0 Å². The van der Waals surface area contributed by atoms with Crippen LogP contribution in [0, 0.1) is 0 Å². The molecule has 0 radical (unpaired) electrons. The number of pyridine rings is 1. The van der Waals surface area contributed by atoms with Gasteiger partial charge in [0.25, 0.3) is 0 Å². The monoisotopic (exact) mass is 220 g/mol. The highest BCUT2D eigenvalue weighted by Crippen LogP contribution is 2.21. The van der Waals surface area contributed by atoms with E-state index in [4.69, 9.17) is 0 Å². The highest BCUT2D eigenvalue weighted by Gasteiger charge is 1.96. The molecule has 17 heavy (non-hydrogen) atoms. The third kappa shape index (κ3) is 2.11. The van der Waals surface area contributed by atoms with Gasteiger partial charge in [0.2, 0.25) is 0 Å². The molecule has 0 saturated heterocycles. The van der Waals surface area contributed by atoms with Crippen molar-refractivity contribution in [3.63, 3.8) is 0 Å². The first-order chi connectivity index (χ1) is 8.42. The first-order valence-electron chi connectivity index (χ1n) is 5.58. The molecular formula is C15H12N2. The zero-order valence-electron chi connectivity index (χ0n) is 9.30. The highest BCUT2D eigenvalue weighted by atomic mass is 14.9. The second-order valence-corrected chi connectivity index (χ2v) is 3.93. The Kier molecular flexibility index (Phi) is 2.47. The fraction of sp³-hybridized carbons (Fsp3) is 0. The molecule has 0 aliphatic heterocycles.